The number of thioether (sulfide) groups is 1. The number of para-hydroxylation sites is 1. The number of ether oxygens (including phenoxy) is 1. The molecule has 35 heavy (non-hydrogen) atoms. The summed E-state index contributed by atoms with van der Waals surface area (Å²) in [7, 11) is 1.25. The van der Waals surface area contributed by atoms with Crippen LogP contribution < -0.4 is 5.32 Å². The average molecular weight is 499 g/mol. The van der Waals surface area contributed by atoms with E-state index in [0.717, 1.165) is 30.7 Å². The van der Waals surface area contributed by atoms with E-state index in [-0.39, 0.29) is 22.8 Å². The fourth-order valence-electron chi connectivity index (χ4n) is 3.94. The molecule has 0 aliphatic heterocycles. The highest BCUT2D eigenvalue weighted by atomic mass is 32.2. The molecule has 1 amide bonds. The van der Waals surface area contributed by atoms with Gasteiger partial charge in [-0.15, -0.1) is 0 Å². The summed E-state index contributed by atoms with van der Waals surface area (Å²) in [4.78, 5) is 29.0. The van der Waals surface area contributed by atoms with Gasteiger partial charge in [0.15, 0.2) is 5.58 Å². The maximum atomic E-state index is 12.7. The summed E-state index contributed by atoms with van der Waals surface area (Å²) in [6, 6.07) is 9.25. The maximum absolute atomic E-state index is 12.7. The zero-order valence-corrected chi connectivity index (χ0v) is 21.8. The number of aromatic hydroxyl groups is 1. The number of unbranched alkanes of at least 4 members (excludes halogenated alkanes) is 2. The molecular formula is C27H34N2O5S. The number of nitrogens with one attached hydrogen (secondary N) is 1. The van der Waals surface area contributed by atoms with Crippen LogP contribution in [0.4, 0.5) is 5.69 Å². The zero-order valence-electron chi connectivity index (χ0n) is 21.0. The Morgan fingerprint density at radius 3 is 2.37 bits per heavy atom. The summed E-state index contributed by atoms with van der Waals surface area (Å²) in [6.45, 7) is 8.57. The number of phenols is 1. The molecule has 0 bridgehead atoms. The van der Waals surface area contributed by atoms with Gasteiger partial charge in [0, 0.05) is 17.9 Å². The van der Waals surface area contributed by atoms with E-state index in [9.17, 15) is 14.7 Å². The summed E-state index contributed by atoms with van der Waals surface area (Å²) in [6.07, 6.45) is 3.06. The van der Waals surface area contributed by atoms with Gasteiger partial charge in [0.2, 0.25) is 5.91 Å². The van der Waals surface area contributed by atoms with Crippen molar-refractivity contribution in [2.24, 2.45) is 0 Å². The van der Waals surface area contributed by atoms with Crippen molar-refractivity contribution in [3.63, 3.8) is 0 Å². The van der Waals surface area contributed by atoms with Crippen molar-refractivity contribution in [1.82, 2.24) is 4.98 Å². The molecule has 0 atom stereocenters. The third-order valence-electron chi connectivity index (χ3n) is 5.82. The van der Waals surface area contributed by atoms with E-state index in [2.05, 4.69) is 56.2 Å². The molecule has 0 unspecified atom stereocenters. The van der Waals surface area contributed by atoms with Crippen LogP contribution in [0.3, 0.4) is 0 Å². The van der Waals surface area contributed by atoms with Crippen LogP contribution in [-0.4, -0.2) is 34.8 Å². The quantitative estimate of drug-likeness (QED) is 0.169. The normalized spacial score (nSPS) is 11.4. The highest BCUT2D eigenvalue weighted by Crippen LogP contribution is 2.33. The number of hydrogen-bond acceptors (Lipinski definition) is 7. The van der Waals surface area contributed by atoms with Gasteiger partial charge < -0.3 is 19.6 Å². The predicted octanol–water partition coefficient (Wildman–Crippen LogP) is 6.86. The Hall–Kier alpha value is -3.00. The predicted molar refractivity (Wildman–Crippen MR) is 139 cm³/mol. The number of hydrogen-bond donors (Lipinski definition) is 2. The first kappa shape index (κ1) is 26.6. The van der Waals surface area contributed by atoms with Crippen LogP contribution in [0, 0.1) is 0 Å². The van der Waals surface area contributed by atoms with Gasteiger partial charge in [0.25, 0.3) is 5.22 Å². The second kappa shape index (κ2) is 12.1. The first-order valence-corrected chi connectivity index (χ1v) is 13.0. The fraction of sp³-hybridized carbons (Fsp3) is 0.444. The van der Waals surface area contributed by atoms with Crippen molar-refractivity contribution >= 4 is 40.4 Å². The van der Waals surface area contributed by atoms with Gasteiger partial charge in [0.1, 0.15) is 16.8 Å². The summed E-state index contributed by atoms with van der Waals surface area (Å²) in [5.41, 5.74) is 4.00. The highest BCUT2D eigenvalue weighted by Gasteiger charge is 2.21. The van der Waals surface area contributed by atoms with Crippen LogP contribution in [0.15, 0.2) is 40.0 Å². The molecule has 188 valence electrons. The molecule has 1 aromatic heterocycles. The van der Waals surface area contributed by atoms with Crippen LogP contribution in [0.1, 0.15) is 86.7 Å². The number of benzene rings is 2. The van der Waals surface area contributed by atoms with Crippen LogP contribution in [0.5, 0.6) is 5.75 Å². The van der Waals surface area contributed by atoms with E-state index in [4.69, 9.17) is 9.15 Å². The summed E-state index contributed by atoms with van der Waals surface area (Å²) >= 11 is 1.44. The molecule has 7 nitrogen and oxygen atoms in total. The molecule has 0 radical (unpaired) electrons. The number of carbonyl (C=O) groups is 2. The third kappa shape index (κ3) is 6.57. The number of carbonyl (C=O) groups excluding carboxylic acids is 2. The lowest BCUT2D eigenvalue weighted by Crippen LogP contribution is -2.15. The van der Waals surface area contributed by atoms with Gasteiger partial charge in [-0.3, -0.25) is 4.79 Å². The number of amides is 1. The second-order valence-electron chi connectivity index (χ2n) is 9.11. The number of methoxy groups -OCH3 is 1. The lowest BCUT2D eigenvalue weighted by molar-refractivity contribution is -0.116. The molecule has 3 aromatic rings. The molecule has 1 heterocycles. The van der Waals surface area contributed by atoms with Gasteiger partial charge in [-0.1, -0.05) is 64.1 Å². The Bertz CT molecular complexity index is 1160. The van der Waals surface area contributed by atoms with Gasteiger partial charge in [-0.25, -0.2) is 9.78 Å². The fourth-order valence-corrected chi connectivity index (χ4v) is 4.77. The van der Waals surface area contributed by atoms with Crippen LogP contribution in [-0.2, 0) is 9.53 Å². The van der Waals surface area contributed by atoms with E-state index >= 15 is 0 Å². The number of aromatic nitrogens is 1. The lowest BCUT2D eigenvalue weighted by Gasteiger charge is -2.20. The Balaban J connectivity index is 1.49. The van der Waals surface area contributed by atoms with Crippen LogP contribution in [0.25, 0.3) is 11.1 Å². The minimum absolute atomic E-state index is 0.0185. The van der Waals surface area contributed by atoms with E-state index in [1.54, 1.807) is 6.07 Å². The molecule has 0 aliphatic carbocycles. The van der Waals surface area contributed by atoms with Crippen LogP contribution in [0.2, 0.25) is 0 Å². The topological polar surface area (TPSA) is 102 Å². The minimum Gasteiger partial charge on any atom is -0.507 e. The first-order valence-electron chi connectivity index (χ1n) is 12.0. The monoisotopic (exact) mass is 498 g/mol. The lowest BCUT2D eigenvalue weighted by atomic mass is 9.92. The van der Waals surface area contributed by atoms with Crippen molar-refractivity contribution in [1.29, 1.82) is 0 Å². The number of nitrogens with zero attached hydrogens (tertiary/aromatic N) is 1. The van der Waals surface area contributed by atoms with Gasteiger partial charge >= 0.3 is 5.97 Å². The Morgan fingerprint density at radius 1 is 1.06 bits per heavy atom. The van der Waals surface area contributed by atoms with Crippen molar-refractivity contribution in [2.75, 3.05) is 18.2 Å². The molecule has 0 saturated heterocycles. The molecule has 0 spiro atoms. The van der Waals surface area contributed by atoms with Gasteiger partial charge in [0.05, 0.1) is 7.11 Å². The summed E-state index contributed by atoms with van der Waals surface area (Å²) in [5, 5.41) is 13.6. The Morgan fingerprint density at radius 2 is 1.74 bits per heavy atom. The van der Waals surface area contributed by atoms with Crippen molar-refractivity contribution in [2.45, 2.75) is 70.4 Å². The number of rotatable bonds is 11. The minimum atomic E-state index is -0.671. The third-order valence-corrected chi connectivity index (χ3v) is 6.73. The van der Waals surface area contributed by atoms with E-state index in [1.807, 2.05) is 0 Å². The smallest absolute Gasteiger partial charge is 0.345 e. The maximum Gasteiger partial charge on any atom is 0.345 e. The number of anilines is 1. The Kier molecular flexibility index (Phi) is 9.20. The van der Waals surface area contributed by atoms with Crippen molar-refractivity contribution in [3.8, 4) is 5.75 Å². The van der Waals surface area contributed by atoms with Crippen LogP contribution >= 0.6 is 11.8 Å². The summed E-state index contributed by atoms with van der Waals surface area (Å²) < 4.78 is 10.4. The van der Waals surface area contributed by atoms with E-state index in [1.165, 1.54) is 36.1 Å². The summed E-state index contributed by atoms with van der Waals surface area (Å²) in [5.74, 6) is 0.604. The molecular weight excluding hydrogens is 464 g/mol. The molecule has 2 aromatic carbocycles. The number of phenolic OH excluding ortho intramolecular Hbond substituents is 1. The second-order valence-corrected chi connectivity index (χ2v) is 10.2. The molecule has 2 N–H and O–H groups in total. The number of oxazole rings is 1. The highest BCUT2D eigenvalue weighted by molar-refractivity contribution is 7.99. The van der Waals surface area contributed by atoms with Gasteiger partial charge in [-0.2, -0.15) is 0 Å². The van der Waals surface area contributed by atoms with E-state index in [0.29, 0.717) is 29.0 Å². The zero-order chi connectivity index (χ0) is 25.5. The van der Waals surface area contributed by atoms with Gasteiger partial charge in [-0.05, 0) is 47.9 Å². The number of esters is 1. The average Bonchev–Trinajstić information content (AvgIpc) is 3.23. The van der Waals surface area contributed by atoms with Crippen molar-refractivity contribution < 1.29 is 23.8 Å². The molecule has 0 fully saturated rings. The SMILES string of the molecule is COC(=O)c1c(O)ccc2nc(SCCCCCC(=O)Nc3c(C(C)C)cccc3C(C)C)oc12. The van der Waals surface area contributed by atoms with Crippen molar-refractivity contribution in [3.05, 3.63) is 47.0 Å². The number of fused-ring (bicyclic) bond motifs is 1. The molecule has 0 aliphatic rings. The molecule has 8 heteroatoms. The Labute approximate surface area is 210 Å². The molecule has 3 rings (SSSR count). The first-order chi connectivity index (χ1) is 16.7. The van der Waals surface area contributed by atoms with E-state index < -0.39 is 5.97 Å². The standard InChI is InChI=1S/C27H34N2O5S/c1-16(2)18-10-9-11-19(17(3)4)24(18)29-22(31)12-7-6-8-15-35-27-28-20-13-14-21(30)23(25(20)34-27)26(32)33-5/h9-11,13-14,16-17,30H,6-8,12,15H2,1-5H3,(H,29,31). The largest absolute Gasteiger partial charge is 0.507 e. The molecule has 0 saturated carbocycles.